The van der Waals surface area contributed by atoms with Crippen LogP contribution in [0.3, 0.4) is 0 Å². The second-order valence-electron chi connectivity index (χ2n) is 5.40. The maximum Gasteiger partial charge on any atom is 0.238 e. The normalized spacial score (nSPS) is 23.1. The Kier molecular flexibility index (Phi) is 5.40. The Balaban J connectivity index is 1.73. The van der Waals surface area contributed by atoms with Gasteiger partial charge in [0, 0.05) is 16.2 Å². The van der Waals surface area contributed by atoms with Crippen molar-refractivity contribution in [3.63, 3.8) is 0 Å². The summed E-state index contributed by atoms with van der Waals surface area (Å²) in [7, 11) is 0. The van der Waals surface area contributed by atoms with E-state index < -0.39 is 0 Å². The van der Waals surface area contributed by atoms with Gasteiger partial charge >= 0.3 is 0 Å². The van der Waals surface area contributed by atoms with Gasteiger partial charge in [-0.2, -0.15) is 0 Å². The van der Waals surface area contributed by atoms with Crippen LogP contribution in [0.5, 0.6) is 0 Å². The van der Waals surface area contributed by atoms with Gasteiger partial charge in [-0.15, -0.1) is 0 Å². The Bertz CT molecular complexity index is 428. The number of benzene rings is 1. The summed E-state index contributed by atoms with van der Waals surface area (Å²) in [6.45, 7) is 2.70. The second kappa shape index (κ2) is 7.06. The molecule has 1 aromatic carbocycles. The number of anilines is 1. The number of halogens is 1. The summed E-state index contributed by atoms with van der Waals surface area (Å²) < 4.78 is 0.972. The number of hydrogen-bond acceptors (Lipinski definition) is 2. The Labute approximate surface area is 123 Å². The predicted octanol–water partition coefficient (Wildman–Crippen LogP) is 3.56. The van der Waals surface area contributed by atoms with Crippen molar-refractivity contribution in [2.45, 2.75) is 38.6 Å². The molecule has 0 aliphatic heterocycles. The zero-order chi connectivity index (χ0) is 13.7. The molecule has 0 heterocycles. The lowest BCUT2D eigenvalue weighted by atomic mass is 9.87. The molecule has 0 bridgehead atoms. The lowest BCUT2D eigenvalue weighted by molar-refractivity contribution is -0.115. The van der Waals surface area contributed by atoms with E-state index in [1.807, 2.05) is 24.3 Å². The fraction of sp³-hybridized carbons (Fsp3) is 0.533. The van der Waals surface area contributed by atoms with Crippen LogP contribution in [0.15, 0.2) is 28.7 Å². The monoisotopic (exact) mass is 324 g/mol. The number of hydrogen-bond donors (Lipinski definition) is 2. The van der Waals surface area contributed by atoms with E-state index in [0.717, 1.165) is 16.1 Å². The summed E-state index contributed by atoms with van der Waals surface area (Å²) in [6.07, 6.45) is 4.91. The molecule has 104 valence electrons. The van der Waals surface area contributed by atoms with E-state index in [9.17, 15) is 4.79 Å². The molecule has 1 aromatic rings. The maximum absolute atomic E-state index is 11.8. The highest BCUT2D eigenvalue weighted by molar-refractivity contribution is 9.10. The highest BCUT2D eigenvalue weighted by atomic mass is 79.9. The molecule has 3 nitrogen and oxygen atoms in total. The number of carbonyl (C=O) groups excluding carboxylic acids is 1. The summed E-state index contributed by atoms with van der Waals surface area (Å²) in [4.78, 5) is 11.8. The standard InChI is InChI=1S/C15H21BrN2O/c1-11-5-7-13(8-6-11)17-10-15(19)18-14-4-2-3-12(16)9-14/h2-4,9,11,13,17H,5-8,10H2,1H3,(H,18,19). The van der Waals surface area contributed by atoms with Crippen molar-refractivity contribution in [2.24, 2.45) is 5.92 Å². The molecule has 2 rings (SSSR count). The highest BCUT2D eigenvalue weighted by Gasteiger charge is 2.18. The number of rotatable bonds is 4. The second-order valence-corrected chi connectivity index (χ2v) is 6.31. The average Bonchev–Trinajstić information content (AvgIpc) is 2.38. The SMILES string of the molecule is CC1CCC(NCC(=O)Nc2cccc(Br)c2)CC1. The van der Waals surface area contributed by atoms with Crippen LogP contribution >= 0.6 is 15.9 Å². The third-order valence-electron chi connectivity index (χ3n) is 3.68. The quantitative estimate of drug-likeness (QED) is 0.889. The lowest BCUT2D eigenvalue weighted by Gasteiger charge is -2.26. The topological polar surface area (TPSA) is 41.1 Å². The summed E-state index contributed by atoms with van der Waals surface area (Å²) in [5, 5.41) is 6.25. The van der Waals surface area contributed by atoms with Crippen LogP contribution < -0.4 is 10.6 Å². The van der Waals surface area contributed by atoms with Crippen molar-refractivity contribution in [3.8, 4) is 0 Å². The van der Waals surface area contributed by atoms with Crippen LogP contribution in [0.25, 0.3) is 0 Å². The Morgan fingerprint density at radius 2 is 2.05 bits per heavy atom. The molecule has 1 amide bonds. The first kappa shape index (κ1) is 14.5. The molecule has 0 unspecified atom stereocenters. The van der Waals surface area contributed by atoms with Gasteiger partial charge in [0.25, 0.3) is 0 Å². The number of amides is 1. The minimum Gasteiger partial charge on any atom is -0.325 e. The minimum atomic E-state index is 0.0247. The highest BCUT2D eigenvalue weighted by Crippen LogP contribution is 2.23. The molecule has 0 radical (unpaired) electrons. The third-order valence-corrected chi connectivity index (χ3v) is 4.17. The summed E-state index contributed by atoms with van der Waals surface area (Å²) >= 11 is 3.39. The number of nitrogens with one attached hydrogen (secondary N) is 2. The van der Waals surface area contributed by atoms with Gasteiger partial charge in [-0.05, 0) is 49.8 Å². The molecule has 0 spiro atoms. The van der Waals surface area contributed by atoms with Crippen LogP contribution in [-0.4, -0.2) is 18.5 Å². The van der Waals surface area contributed by atoms with Gasteiger partial charge in [0.2, 0.25) is 5.91 Å². The summed E-state index contributed by atoms with van der Waals surface area (Å²) in [6, 6.07) is 8.15. The number of carbonyl (C=O) groups is 1. The fourth-order valence-corrected chi connectivity index (χ4v) is 2.87. The molecule has 0 atom stereocenters. The molecule has 4 heteroatoms. The third kappa shape index (κ3) is 4.96. The van der Waals surface area contributed by atoms with Gasteiger partial charge in [0.05, 0.1) is 6.54 Å². The van der Waals surface area contributed by atoms with E-state index in [1.54, 1.807) is 0 Å². The Hall–Kier alpha value is -0.870. The molecule has 1 aliphatic rings. The first-order valence-corrected chi connectivity index (χ1v) is 7.71. The van der Waals surface area contributed by atoms with Crippen LogP contribution in [-0.2, 0) is 4.79 Å². The van der Waals surface area contributed by atoms with Crippen LogP contribution in [0.1, 0.15) is 32.6 Å². The van der Waals surface area contributed by atoms with Crippen LogP contribution in [0.2, 0.25) is 0 Å². The summed E-state index contributed by atoms with van der Waals surface area (Å²) in [5.41, 5.74) is 0.832. The average molecular weight is 325 g/mol. The van der Waals surface area contributed by atoms with Crippen molar-refractivity contribution in [1.29, 1.82) is 0 Å². The van der Waals surface area contributed by atoms with Crippen molar-refractivity contribution >= 4 is 27.5 Å². The molecule has 0 aromatic heterocycles. The van der Waals surface area contributed by atoms with Crippen molar-refractivity contribution in [2.75, 3.05) is 11.9 Å². The van der Waals surface area contributed by atoms with Crippen molar-refractivity contribution in [1.82, 2.24) is 5.32 Å². The van der Waals surface area contributed by atoms with Gasteiger partial charge < -0.3 is 10.6 Å². The molecule has 1 aliphatic carbocycles. The molecule has 0 saturated heterocycles. The first-order chi connectivity index (χ1) is 9.13. The van der Waals surface area contributed by atoms with Crippen molar-refractivity contribution in [3.05, 3.63) is 28.7 Å². The van der Waals surface area contributed by atoms with Gasteiger partial charge in [-0.25, -0.2) is 0 Å². The molecular weight excluding hydrogens is 304 g/mol. The van der Waals surface area contributed by atoms with Crippen LogP contribution in [0.4, 0.5) is 5.69 Å². The zero-order valence-corrected chi connectivity index (χ0v) is 12.9. The Morgan fingerprint density at radius 3 is 2.74 bits per heavy atom. The molecular formula is C15H21BrN2O. The lowest BCUT2D eigenvalue weighted by Crippen LogP contribution is -2.38. The molecule has 1 fully saturated rings. The van der Waals surface area contributed by atoms with E-state index in [0.29, 0.717) is 12.6 Å². The summed E-state index contributed by atoms with van der Waals surface area (Å²) in [5.74, 6) is 0.866. The van der Waals surface area contributed by atoms with E-state index in [1.165, 1.54) is 25.7 Å². The van der Waals surface area contributed by atoms with E-state index in [4.69, 9.17) is 0 Å². The molecule has 2 N–H and O–H groups in total. The first-order valence-electron chi connectivity index (χ1n) is 6.92. The van der Waals surface area contributed by atoms with Gasteiger partial charge in [0.15, 0.2) is 0 Å². The van der Waals surface area contributed by atoms with E-state index in [2.05, 4.69) is 33.5 Å². The van der Waals surface area contributed by atoms with E-state index >= 15 is 0 Å². The van der Waals surface area contributed by atoms with Crippen molar-refractivity contribution < 1.29 is 4.79 Å². The van der Waals surface area contributed by atoms with Crippen LogP contribution in [0, 0.1) is 5.92 Å². The molecule has 19 heavy (non-hydrogen) atoms. The van der Waals surface area contributed by atoms with Gasteiger partial charge in [-0.3, -0.25) is 4.79 Å². The van der Waals surface area contributed by atoms with E-state index in [-0.39, 0.29) is 5.91 Å². The van der Waals surface area contributed by atoms with Gasteiger partial charge in [0.1, 0.15) is 0 Å². The Morgan fingerprint density at radius 1 is 1.32 bits per heavy atom. The van der Waals surface area contributed by atoms with Gasteiger partial charge in [-0.1, -0.05) is 28.9 Å². The molecule has 1 saturated carbocycles. The predicted molar refractivity (Wildman–Crippen MR) is 82.2 cm³/mol. The smallest absolute Gasteiger partial charge is 0.238 e. The zero-order valence-electron chi connectivity index (χ0n) is 11.3. The largest absolute Gasteiger partial charge is 0.325 e. The minimum absolute atomic E-state index is 0.0247. The fourth-order valence-electron chi connectivity index (χ4n) is 2.47. The maximum atomic E-state index is 11.8.